The number of nitrogens with zero attached hydrogens (tertiary/aromatic N) is 1. The zero-order valence-corrected chi connectivity index (χ0v) is 14.1. The summed E-state index contributed by atoms with van der Waals surface area (Å²) in [5, 5.41) is 4.33. The third-order valence-electron chi connectivity index (χ3n) is 4.56. The van der Waals surface area contributed by atoms with Crippen molar-refractivity contribution in [2.45, 2.75) is 37.8 Å². The summed E-state index contributed by atoms with van der Waals surface area (Å²) in [5.74, 6) is 2.97. The third kappa shape index (κ3) is 3.55. The van der Waals surface area contributed by atoms with Crippen molar-refractivity contribution in [3.8, 4) is 0 Å². The summed E-state index contributed by atoms with van der Waals surface area (Å²) >= 11 is 8.00. The molecule has 2 aliphatic heterocycles. The number of halogens is 1. The van der Waals surface area contributed by atoms with Crippen molar-refractivity contribution in [3.63, 3.8) is 0 Å². The third-order valence-corrected chi connectivity index (χ3v) is 6.01. The van der Waals surface area contributed by atoms with E-state index in [-0.39, 0.29) is 5.60 Å². The van der Waals surface area contributed by atoms with Gasteiger partial charge in [0.15, 0.2) is 0 Å². The van der Waals surface area contributed by atoms with E-state index in [1.807, 2.05) is 17.8 Å². The van der Waals surface area contributed by atoms with Crippen molar-refractivity contribution in [1.29, 1.82) is 0 Å². The van der Waals surface area contributed by atoms with E-state index in [2.05, 4.69) is 23.3 Å². The molecule has 0 aliphatic carbocycles. The van der Waals surface area contributed by atoms with Crippen LogP contribution in [0.1, 0.15) is 37.9 Å². The Morgan fingerprint density at radius 1 is 1.57 bits per heavy atom. The Balaban J connectivity index is 1.78. The SMILES string of the molecule is CCNC(c1ccc(Cl)cn1)C1CCOC2(CCSC2)C1. The van der Waals surface area contributed by atoms with Crippen molar-refractivity contribution >= 4 is 23.4 Å². The van der Waals surface area contributed by atoms with Crippen LogP contribution in [0.15, 0.2) is 18.3 Å². The molecule has 0 bridgehead atoms. The van der Waals surface area contributed by atoms with E-state index >= 15 is 0 Å². The zero-order valence-electron chi connectivity index (χ0n) is 12.5. The second-order valence-corrected chi connectivity index (χ2v) is 7.57. The van der Waals surface area contributed by atoms with E-state index in [4.69, 9.17) is 16.3 Å². The largest absolute Gasteiger partial charge is 0.374 e. The highest BCUT2D eigenvalue weighted by molar-refractivity contribution is 7.99. The maximum Gasteiger partial charge on any atom is 0.0783 e. The molecule has 2 aliphatic rings. The first-order valence-corrected chi connectivity index (χ1v) is 9.32. The molecule has 3 nitrogen and oxygen atoms in total. The molecular formula is C16H23ClN2OS. The number of rotatable bonds is 4. The van der Waals surface area contributed by atoms with Gasteiger partial charge in [-0.25, -0.2) is 0 Å². The van der Waals surface area contributed by atoms with Gasteiger partial charge in [0.05, 0.1) is 22.4 Å². The Kier molecular flexibility index (Phi) is 5.10. The Morgan fingerprint density at radius 2 is 2.48 bits per heavy atom. The minimum Gasteiger partial charge on any atom is -0.374 e. The van der Waals surface area contributed by atoms with Crippen LogP contribution in [0.4, 0.5) is 0 Å². The smallest absolute Gasteiger partial charge is 0.0783 e. The van der Waals surface area contributed by atoms with Gasteiger partial charge in [-0.2, -0.15) is 11.8 Å². The Labute approximate surface area is 136 Å². The molecule has 1 aromatic heterocycles. The molecule has 3 heterocycles. The number of hydrogen-bond donors (Lipinski definition) is 1. The van der Waals surface area contributed by atoms with Gasteiger partial charge >= 0.3 is 0 Å². The Morgan fingerprint density at radius 3 is 3.14 bits per heavy atom. The van der Waals surface area contributed by atoms with Crippen LogP contribution in [0.25, 0.3) is 0 Å². The van der Waals surface area contributed by atoms with Gasteiger partial charge in [0.25, 0.3) is 0 Å². The van der Waals surface area contributed by atoms with Gasteiger partial charge in [0.1, 0.15) is 0 Å². The van der Waals surface area contributed by atoms with Crippen LogP contribution in [0.5, 0.6) is 0 Å². The lowest BCUT2D eigenvalue weighted by Crippen LogP contribution is -2.44. The summed E-state index contributed by atoms with van der Waals surface area (Å²) in [6.45, 7) is 3.98. The normalized spacial score (nSPS) is 30.7. The number of nitrogens with one attached hydrogen (secondary N) is 1. The average Bonchev–Trinajstić information content (AvgIpc) is 2.94. The van der Waals surface area contributed by atoms with E-state index in [9.17, 15) is 0 Å². The van der Waals surface area contributed by atoms with Crippen LogP contribution >= 0.6 is 23.4 Å². The number of pyridine rings is 1. The van der Waals surface area contributed by atoms with Gasteiger partial charge in [0.2, 0.25) is 0 Å². The summed E-state index contributed by atoms with van der Waals surface area (Å²) < 4.78 is 6.15. The number of ether oxygens (including phenoxy) is 1. The number of aromatic nitrogens is 1. The lowest BCUT2D eigenvalue weighted by atomic mass is 9.80. The van der Waals surface area contributed by atoms with Crippen molar-refractivity contribution in [3.05, 3.63) is 29.0 Å². The first kappa shape index (κ1) is 15.6. The average molecular weight is 327 g/mol. The van der Waals surface area contributed by atoms with Crippen LogP contribution in [0.3, 0.4) is 0 Å². The van der Waals surface area contributed by atoms with Gasteiger partial charge in [-0.1, -0.05) is 18.5 Å². The fourth-order valence-corrected chi connectivity index (χ4v) is 5.01. The molecule has 2 saturated heterocycles. The van der Waals surface area contributed by atoms with Crippen molar-refractivity contribution in [2.75, 3.05) is 24.7 Å². The highest BCUT2D eigenvalue weighted by Gasteiger charge is 2.42. The zero-order chi connectivity index (χ0) is 14.7. The minimum atomic E-state index is 0.119. The highest BCUT2D eigenvalue weighted by Crippen LogP contribution is 2.43. The van der Waals surface area contributed by atoms with Gasteiger partial charge in [-0.15, -0.1) is 0 Å². The second-order valence-electron chi connectivity index (χ2n) is 6.02. The monoisotopic (exact) mass is 326 g/mol. The molecule has 1 spiro atoms. The van der Waals surface area contributed by atoms with Gasteiger partial charge in [-0.3, -0.25) is 4.98 Å². The van der Waals surface area contributed by atoms with E-state index in [1.54, 1.807) is 6.20 Å². The fraction of sp³-hybridized carbons (Fsp3) is 0.688. The molecule has 21 heavy (non-hydrogen) atoms. The predicted octanol–water partition coefficient (Wildman–Crippen LogP) is 3.69. The summed E-state index contributed by atoms with van der Waals surface area (Å²) in [5.41, 5.74) is 1.22. The predicted molar refractivity (Wildman–Crippen MR) is 89.0 cm³/mol. The molecule has 5 heteroatoms. The molecule has 0 radical (unpaired) electrons. The first-order chi connectivity index (χ1) is 10.2. The molecule has 3 rings (SSSR count). The number of thioether (sulfide) groups is 1. The summed E-state index contributed by atoms with van der Waals surface area (Å²) in [7, 11) is 0. The lowest BCUT2D eigenvalue weighted by Gasteiger charge is -2.41. The van der Waals surface area contributed by atoms with Crippen LogP contribution in [-0.4, -0.2) is 35.2 Å². The second kappa shape index (κ2) is 6.86. The van der Waals surface area contributed by atoms with Gasteiger partial charge in [0, 0.05) is 18.6 Å². The summed E-state index contributed by atoms with van der Waals surface area (Å²) in [6.07, 6.45) is 5.19. The molecule has 3 unspecified atom stereocenters. The van der Waals surface area contributed by atoms with Gasteiger partial charge in [-0.05, 0) is 49.6 Å². The molecule has 0 aromatic carbocycles. The van der Waals surface area contributed by atoms with Crippen LogP contribution in [0, 0.1) is 5.92 Å². The molecule has 3 atom stereocenters. The van der Waals surface area contributed by atoms with Crippen molar-refractivity contribution < 1.29 is 4.74 Å². The lowest BCUT2D eigenvalue weighted by molar-refractivity contribution is -0.0855. The topological polar surface area (TPSA) is 34.2 Å². The highest BCUT2D eigenvalue weighted by atomic mass is 35.5. The first-order valence-electron chi connectivity index (χ1n) is 7.79. The van der Waals surface area contributed by atoms with Crippen LogP contribution in [-0.2, 0) is 4.74 Å². The maximum atomic E-state index is 6.15. The molecule has 0 amide bonds. The standard InChI is InChI=1S/C16H23ClN2OS/c1-2-18-15(14-4-3-13(17)10-19-14)12-5-7-20-16(9-12)6-8-21-11-16/h3-4,10,12,15,18H,2,5-9,11H2,1H3. The van der Waals surface area contributed by atoms with Gasteiger partial charge < -0.3 is 10.1 Å². The minimum absolute atomic E-state index is 0.119. The summed E-state index contributed by atoms with van der Waals surface area (Å²) in [4.78, 5) is 4.55. The van der Waals surface area contributed by atoms with Crippen LogP contribution < -0.4 is 5.32 Å². The van der Waals surface area contributed by atoms with Crippen LogP contribution in [0.2, 0.25) is 5.02 Å². The molecule has 116 valence electrons. The fourth-order valence-electron chi connectivity index (χ4n) is 3.52. The molecular weight excluding hydrogens is 304 g/mol. The Bertz CT molecular complexity index is 462. The van der Waals surface area contributed by atoms with E-state index in [0.717, 1.165) is 37.4 Å². The molecule has 1 aromatic rings. The summed E-state index contributed by atoms with van der Waals surface area (Å²) in [6, 6.07) is 4.30. The maximum absolute atomic E-state index is 6.15. The van der Waals surface area contributed by atoms with E-state index < -0.39 is 0 Å². The molecule has 2 fully saturated rings. The quantitative estimate of drug-likeness (QED) is 0.915. The molecule has 1 N–H and O–H groups in total. The van der Waals surface area contributed by atoms with E-state index in [1.165, 1.54) is 12.2 Å². The molecule has 0 saturated carbocycles. The van der Waals surface area contributed by atoms with Crippen molar-refractivity contribution in [2.24, 2.45) is 5.92 Å². The van der Waals surface area contributed by atoms with Crippen molar-refractivity contribution in [1.82, 2.24) is 10.3 Å². The Hall–Kier alpha value is -0.290. The van der Waals surface area contributed by atoms with E-state index in [0.29, 0.717) is 17.0 Å². The number of hydrogen-bond acceptors (Lipinski definition) is 4.